The summed E-state index contributed by atoms with van der Waals surface area (Å²) in [5.74, 6) is -3.51. The molecule has 3 fully saturated rings. The molecule has 5 rings (SSSR count). The highest BCUT2D eigenvalue weighted by molar-refractivity contribution is 14.1. The van der Waals surface area contributed by atoms with Crippen molar-refractivity contribution in [1.29, 1.82) is 0 Å². The fourth-order valence-corrected chi connectivity index (χ4v) is 10.4. The van der Waals surface area contributed by atoms with Crippen molar-refractivity contribution in [3.05, 3.63) is 51.7 Å². The number of esters is 2. The number of rotatable bonds is 6. The number of carbonyl (C=O) groups is 2. The Balaban J connectivity index is 1.46. The van der Waals surface area contributed by atoms with Crippen molar-refractivity contribution in [3.8, 4) is 5.75 Å². The van der Waals surface area contributed by atoms with Gasteiger partial charge in [0.2, 0.25) is 0 Å². The van der Waals surface area contributed by atoms with Gasteiger partial charge in [-0.25, -0.2) is 13.2 Å². The number of carbonyl (C=O) groups excluding carboxylic acids is 2. The lowest BCUT2D eigenvalue weighted by Gasteiger charge is -2.27. The highest BCUT2D eigenvalue weighted by Crippen LogP contribution is 2.52. The molecule has 3 saturated heterocycles. The molecule has 2 bridgehead atoms. The van der Waals surface area contributed by atoms with E-state index in [0.717, 1.165) is 13.2 Å². The largest absolute Gasteiger partial charge is 0.744 e. The van der Waals surface area contributed by atoms with Gasteiger partial charge in [0.05, 0.1) is 10.5 Å². The summed E-state index contributed by atoms with van der Waals surface area (Å²) in [5, 5.41) is -1.37. The van der Waals surface area contributed by atoms with Gasteiger partial charge in [-0.1, -0.05) is 13.8 Å². The van der Waals surface area contributed by atoms with Crippen LogP contribution in [0, 0.1) is 23.6 Å². The minimum atomic E-state index is -4.80. The summed E-state index contributed by atoms with van der Waals surface area (Å²) >= 11 is 6.18. The molecule has 216 valence electrons. The number of hydrogen-bond donors (Lipinski definition) is 0. The van der Waals surface area contributed by atoms with Gasteiger partial charge in [-0.15, -0.1) is 0 Å². The number of ether oxygens (including phenoxy) is 3. The zero-order valence-corrected chi connectivity index (χ0v) is 28.9. The van der Waals surface area contributed by atoms with E-state index in [-0.39, 0.29) is 22.4 Å². The Morgan fingerprint density at radius 1 is 1.05 bits per heavy atom. The Bertz CT molecular complexity index is 1660. The van der Waals surface area contributed by atoms with Crippen molar-refractivity contribution >= 4 is 99.9 Å². The molecular formula is C24H20I3O11S2-. The zero-order valence-electron chi connectivity index (χ0n) is 20.8. The van der Waals surface area contributed by atoms with E-state index >= 15 is 0 Å². The minimum Gasteiger partial charge on any atom is -0.744 e. The number of hydrogen-bond acceptors (Lipinski definition) is 11. The van der Waals surface area contributed by atoms with Crippen LogP contribution in [0.5, 0.6) is 5.75 Å². The Morgan fingerprint density at radius 3 is 2.35 bits per heavy atom. The molecule has 0 N–H and O–H groups in total. The van der Waals surface area contributed by atoms with Gasteiger partial charge in [-0.05, 0) is 116 Å². The maximum atomic E-state index is 13.5. The van der Waals surface area contributed by atoms with E-state index in [0.29, 0.717) is 3.57 Å². The molecule has 16 heteroatoms. The maximum Gasteiger partial charge on any atom is 0.339 e. The predicted molar refractivity (Wildman–Crippen MR) is 162 cm³/mol. The highest BCUT2D eigenvalue weighted by atomic mass is 127. The SMILES string of the molecule is Cc1cc(S(=O)(=O)[O-])c(C(C)C)cc1OC(=O)C1C2OC3C(OS(=O)(=O)C31)C2OC(=O)c1cc(I)cc(I)c1I. The average molecular weight is 929 g/mol. The Morgan fingerprint density at radius 2 is 1.73 bits per heavy atom. The van der Waals surface area contributed by atoms with E-state index in [1.165, 1.54) is 13.0 Å². The van der Waals surface area contributed by atoms with Crippen LogP contribution in [0.3, 0.4) is 0 Å². The average Bonchev–Trinajstić information content (AvgIpc) is 3.44. The molecule has 0 aromatic heterocycles. The molecule has 40 heavy (non-hydrogen) atoms. The molecule has 2 aromatic carbocycles. The molecule has 0 saturated carbocycles. The van der Waals surface area contributed by atoms with Crippen LogP contribution >= 0.6 is 67.8 Å². The van der Waals surface area contributed by atoms with E-state index in [4.69, 9.17) is 18.4 Å². The number of benzene rings is 2. The summed E-state index contributed by atoms with van der Waals surface area (Å²) in [4.78, 5) is 26.2. The van der Waals surface area contributed by atoms with Gasteiger partial charge in [0.15, 0.2) is 6.10 Å². The van der Waals surface area contributed by atoms with Crippen molar-refractivity contribution in [2.24, 2.45) is 5.92 Å². The number of halogens is 3. The van der Waals surface area contributed by atoms with Crippen molar-refractivity contribution in [3.63, 3.8) is 0 Å². The first-order valence-corrected chi connectivity index (χ1v) is 17.9. The van der Waals surface area contributed by atoms with E-state index in [2.05, 4.69) is 45.2 Å². The van der Waals surface area contributed by atoms with Gasteiger partial charge < -0.3 is 18.8 Å². The zero-order chi connectivity index (χ0) is 29.5. The second-order valence-electron chi connectivity index (χ2n) is 9.91. The fraction of sp³-hybridized carbons (Fsp3) is 0.417. The smallest absolute Gasteiger partial charge is 0.339 e. The Labute approximate surface area is 271 Å². The van der Waals surface area contributed by atoms with Crippen LogP contribution in [0.2, 0.25) is 0 Å². The van der Waals surface area contributed by atoms with Crippen molar-refractivity contribution < 1.29 is 49.4 Å². The van der Waals surface area contributed by atoms with E-state index in [1.54, 1.807) is 19.9 Å². The third kappa shape index (κ3) is 5.32. The summed E-state index contributed by atoms with van der Waals surface area (Å²) in [7, 11) is -9.07. The first-order chi connectivity index (χ1) is 18.5. The van der Waals surface area contributed by atoms with Crippen LogP contribution in [0.15, 0.2) is 29.2 Å². The van der Waals surface area contributed by atoms with Crippen LogP contribution in [0.25, 0.3) is 0 Å². The molecule has 0 amide bonds. The molecule has 3 aliphatic heterocycles. The van der Waals surface area contributed by atoms with E-state index in [9.17, 15) is 31.0 Å². The number of aryl methyl sites for hydroxylation is 1. The standard InChI is InChI=1S/C24H21I3O11S2/c1-8(2)11-7-14(9(3)4-15(11)39(30,31)32)35-24(29)16-18-19(20-21(36-18)22(16)40(33,34)38-20)37-23(28)12-5-10(25)6-13(26)17(12)27/h4-8,16,18-22H,1-3H3,(H,30,31,32)/p-1. The lowest BCUT2D eigenvalue weighted by Crippen LogP contribution is -2.50. The Kier molecular flexibility index (Phi) is 8.32. The van der Waals surface area contributed by atoms with Gasteiger partial charge in [-0.2, -0.15) is 8.42 Å². The summed E-state index contributed by atoms with van der Waals surface area (Å²) in [5.41, 5.74) is 0.616. The van der Waals surface area contributed by atoms with Gasteiger partial charge >= 0.3 is 11.9 Å². The summed E-state index contributed by atoms with van der Waals surface area (Å²) < 4.78 is 85.9. The quantitative estimate of drug-likeness (QED) is 0.104. The van der Waals surface area contributed by atoms with E-state index in [1.807, 2.05) is 28.7 Å². The van der Waals surface area contributed by atoms with Gasteiger partial charge in [0, 0.05) is 10.7 Å². The lowest BCUT2D eigenvalue weighted by atomic mass is 9.84. The summed E-state index contributed by atoms with van der Waals surface area (Å²) in [6.07, 6.45) is -4.50. The van der Waals surface area contributed by atoms with Gasteiger partial charge in [-0.3, -0.25) is 8.98 Å². The highest BCUT2D eigenvalue weighted by Gasteiger charge is 2.74. The molecule has 3 heterocycles. The fourth-order valence-electron chi connectivity index (χ4n) is 5.25. The molecule has 11 nitrogen and oxygen atoms in total. The molecule has 6 atom stereocenters. The first-order valence-electron chi connectivity index (χ1n) is 11.8. The summed E-state index contributed by atoms with van der Waals surface area (Å²) in [6, 6.07) is 5.94. The normalized spacial score (nSPS) is 28.2. The van der Waals surface area contributed by atoms with Crippen molar-refractivity contribution in [2.75, 3.05) is 0 Å². The lowest BCUT2D eigenvalue weighted by molar-refractivity contribution is -0.142. The van der Waals surface area contributed by atoms with Crippen LogP contribution in [-0.4, -0.2) is 63.0 Å². The number of fused-ring (bicyclic) bond motifs is 1. The third-order valence-electron chi connectivity index (χ3n) is 7.03. The third-order valence-corrected chi connectivity index (χ3v) is 13.3. The van der Waals surface area contributed by atoms with Gasteiger partial charge in [0.25, 0.3) is 10.1 Å². The second kappa shape index (κ2) is 10.8. The van der Waals surface area contributed by atoms with Crippen LogP contribution in [0.4, 0.5) is 0 Å². The minimum absolute atomic E-state index is 0.0340. The molecule has 3 aliphatic rings. The predicted octanol–water partition coefficient (Wildman–Crippen LogP) is 3.46. The second-order valence-corrected chi connectivity index (χ2v) is 16.5. The molecule has 0 aliphatic carbocycles. The molecule has 2 aromatic rings. The Hall–Kier alpha value is -0.650. The van der Waals surface area contributed by atoms with Gasteiger partial charge in [0.1, 0.15) is 45.3 Å². The van der Waals surface area contributed by atoms with Crippen LogP contribution in [-0.2, 0) is 38.7 Å². The van der Waals surface area contributed by atoms with Crippen LogP contribution < -0.4 is 4.74 Å². The van der Waals surface area contributed by atoms with Crippen LogP contribution in [0.1, 0.15) is 41.3 Å². The topological polar surface area (TPSA) is 162 Å². The van der Waals surface area contributed by atoms with Crippen molar-refractivity contribution in [2.45, 2.75) is 61.3 Å². The molecular weight excluding hydrogens is 909 g/mol. The molecule has 0 spiro atoms. The summed E-state index contributed by atoms with van der Waals surface area (Å²) in [6.45, 7) is 4.80. The van der Waals surface area contributed by atoms with E-state index < -0.39 is 78.6 Å². The monoisotopic (exact) mass is 929 g/mol. The maximum absolute atomic E-state index is 13.5. The first kappa shape index (κ1) is 30.8. The molecule has 6 unspecified atom stereocenters. The molecule has 0 radical (unpaired) electrons. The van der Waals surface area contributed by atoms with Crippen molar-refractivity contribution in [1.82, 2.24) is 0 Å².